The molecular weight excluding hydrogens is 306 g/mol. The first-order valence-electron chi connectivity index (χ1n) is 8.55. The van der Waals surface area contributed by atoms with Crippen LogP contribution in [-0.4, -0.2) is 45.8 Å². The second-order valence-corrected chi connectivity index (χ2v) is 7.83. The minimum Gasteiger partial charge on any atom is -0.369 e. The number of nitrogens with zero attached hydrogens (tertiary/aromatic N) is 3. The van der Waals surface area contributed by atoms with Crippen LogP contribution in [0.25, 0.3) is 0 Å². The van der Waals surface area contributed by atoms with Gasteiger partial charge in [-0.2, -0.15) is 5.10 Å². The number of hydrogen-bond acceptors (Lipinski definition) is 3. The molecule has 3 N–H and O–H groups in total. The van der Waals surface area contributed by atoms with Crippen molar-refractivity contribution in [3.05, 3.63) is 18.0 Å². The highest BCUT2D eigenvalue weighted by Crippen LogP contribution is 2.51. The number of nitrogens with two attached hydrogens (primary N) is 1. The number of rotatable bonds is 4. The number of hydrogen-bond donors (Lipinski definition) is 2. The first-order valence-corrected chi connectivity index (χ1v) is 8.55. The van der Waals surface area contributed by atoms with E-state index < -0.39 is 0 Å². The third-order valence-corrected chi connectivity index (χ3v) is 6.02. The summed E-state index contributed by atoms with van der Waals surface area (Å²) in [4.78, 5) is 26.1. The van der Waals surface area contributed by atoms with Crippen LogP contribution >= 0.6 is 0 Å². The van der Waals surface area contributed by atoms with Gasteiger partial charge in [-0.25, -0.2) is 4.79 Å². The number of aryl methyl sites for hydroxylation is 1. The fourth-order valence-electron chi connectivity index (χ4n) is 3.70. The Morgan fingerprint density at radius 1 is 1.42 bits per heavy atom. The van der Waals surface area contributed by atoms with E-state index in [0.717, 1.165) is 12.0 Å². The molecule has 1 aliphatic carbocycles. The summed E-state index contributed by atoms with van der Waals surface area (Å²) in [6.07, 6.45) is 4.65. The molecular formula is C17H27N5O2. The lowest BCUT2D eigenvalue weighted by Crippen LogP contribution is -2.42. The quantitative estimate of drug-likeness (QED) is 0.863. The Kier molecular flexibility index (Phi) is 4.05. The lowest BCUT2D eigenvalue weighted by Gasteiger charge is -2.20. The number of amides is 3. The van der Waals surface area contributed by atoms with Crippen molar-refractivity contribution in [1.82, 2.24) is 20.0 Å². The summed E-state index contributed by atoms with van der Waals surface area (Å²) in [5.41, 5.74) is 6.70. The van der Waals surface area contributed by atoms with E-state index in [2.05, 4.69) is 31.2 Å². The summed E-state index contributed by atoms with van der Waals surface area (Å²) in [6.45, 7) is 7.44. The van der Waals surface area contributed by atoms with E-state index in [1.807, 2.05) is 13.2 Å². The molecule has 1 aromatic rings. The maximum atomic E-state index is 12.6. The zero-order valence-corrected chi connectivity index (χ0v) is 14.8. The number of likely N-dealkylation sites (tertiary alicyclic amines) is 1. The normalized spacial score (nSPS) is 32.2. The second kappa shape index (κ2) is 5.79. The average molecular weight is 333 g/mol. The van der Waals surface area contributed by atoms with E-state index in [-0.39, 0.29) is 35.2 Å². The van der Waals surface area contributed by atoms with Crippen molar-refractivity contribution in [2.45, 2.75) is 39.2 Å². The predicted octanol–water partition coefficient (Wildman–Crippen LogP) is 1.07. The Morgan fingerprint density at radius 3 is 2.62 bits per heavy atom. The molecule has 2 aliphatic rings. The molecule has 24 heavy (non-hydrogen) atoms. The summed E-state index contributed by atoms with van der Waals surface area (Å²) < 4.78 is 1.70. The van der Waals surface area contributed by atoms with Gasteiger partial charge in [0.1, 0.15) is 0 Å². The average Bonchev–Trinajstić information content (AvgIpc) is 2.90. The summed E-state index contributed by atoms with van der Waals surface area (Å²) >= 11 is 0. The summed E-state index contributed by atoms with van der Waals surface area (Å²) in [6, 6.07) is 0.122. The van der Waals surface area contributed by atoms with Crippen LogP contribution in [0.1, 0.15) is 38.7 Å². The number of aromatic nitrogens is 2. The Morgan fingerprint density at radius 2 is 2.12 bits per heavy atom. The Hall–Kier alpha value is -2.05. The van der Waals surface area contributed by atoms with Crippen molar-refractivity contribution in [3.8, 4) is 0 Å². The molecule has 1 aliphatic heterocycles. The maximum Gasteiger partial charge on any atom is 0.317 e. The van der Waals surface area contributed by atoms with Crippen molar-refractivity contribution < 1.29 is 9.59 Å². The lowest BCUT2D eigenvalue weighted by molar-refractivity contribution is -0.121. The molecule has 132 valence electrons. The Labute approximate surface area is 142 Å². The minimum atomic E-state index is -0.365. The van der Waals surface area contributed by atoms with E-state index in [1.54, 1.807) is 15.8 Å². The summed E-state index contributed by atoms with van der Waals surface area (Å²) in [5.74, 6) is -0.284. The Bertz CT molecular complexity index is 655. The predicted molar refractivity (Wildman–Crippen MR) is 90.1 cm³/mol. The van der Waals surface area contributed by atoms with Crippen molar-refractivity contribution in [1.29, 1.82) is 0 Å². The van der Waals surface area contributed by atoms with Gasteiger partial charge in [0.05, 0.1) is 12.1 Å². The molecule has 1 saturated heterocycles. The summed E-state index contributed by atoms with van der Waals surface area (Å²) in [7, 11) is 1.84. The Balaban J connectivity index is 1.67. The molecule has 0 aromatic carbocycles. The van der Waals surface area contributed by atoms with Gasteiger partial charge in [0.15, 0.2) is 0 Å². The number of carbonyl (C=O) groups excluding carboxylic acids is 2. The van der Waals surface area contributed by atoms with E-state index in [9.17, 15) is 9.59 Å². The monoisotopic (exact) mass is 333 g/mol. The van der Waals surface area contributed by atoms with Gasteiger partial charge in [0.2, 0.25) is 5.91 Å². The molecule has 1 saturated carbocycles. The molecule has 0 spiro atoms. The van der Waals surface area contributed by atoms with Gasteiger partial charge >= 0.3 is 6.03 Å². The van der Waals surface area contributed by atoms with Gasteiger partial charge in [0, 0.05) is 38.3 Å². The standard InChI is InChI=1S/C17H27N5O2/c1-10(2)17(3)5-14(17)20-16(24)22-8-12(13(9-22)15(18)23)11-6-19-21(4)7-11/h6-7,10,12-14H,5,8-9H2,1-4H3,(H2,18,23)(H,20,24)/t12-,13+,14?,17?/m1/s1. The molecule has 7 nitrogen and oxygen atoms in total. The van der Waals surface area contributed by atoms with E-state index in [0.29, 0.717) is 19.0 Å². The molecule has 3 rings (SSSR count). The van der Waals surface area contributed by atoms with E-state index >= 15 is 0 Å². The largest absolute Gasteiger partial charge is 0.369 e. The van der Waals surface area contributed by atoms with Crippen LogP contribution in [0, 0.1) is 17.3 Å². The van der Waals surface area contributed by atoms with Crippen molar-refractivity contribution in [2.75, 3.05) is 13.1 Å². The van der Waals surface area contributed by atoms with Gasteiger partial charge in [-0.05, 0) is 23.3 Å². The van der Waals surface area contributed by atoms with Gasteiger partial charge in [0.25, 0.3) is 0 Å². The minimum absolute atomic E-state index is 0.0855. The zero-order valence-electron chi connectivity index (χ0n) is 14.8. The third kappa shape index (κ3) is 2.87. The smallest absolute Gasteiger partial charge is 0.317 e. The first kappa shape index (κ1) is 16.8. The number of nitrogens with one attached hydrogen (secondary N) is 1. The molecule has 2 unspecified atom stereocenters. The van der Waals surface area contributed by atoms with Crippen LogP contribution in [0.4, 0.5) is 4.79 Å². The number of urea groups is 1. The van der Waals surface area contributed by atoms with Crippen LogP contribution in [0.2, 0.25) is 0 Å². The highest BCUT2D eigenvalue weighted by Gasteiger charge is 2.53. The molecule has 0 radical (unpaired) electrons. The topological polar surface area (TPSA) is 93.2 Å². The van der Waals surface area contributed by atoms with E-state index in [4.69, 9.17) is 5.73 Å². The molecule has 1 aromatic heterocycles. The van der Waals surface area contributed by atoms with E-state index in [1.165, 1.54) is 0 Å². The SMILES string of the molecule is CC(C)C1(C)CC1NC(=O)N1C[C@H](C(N)=O)[C@@H](c2cnn(C)c2)C1. The number of carbonyl (C=O) groups is 2. The molecule has 4 atom stereocenters. The lowest BCUT2D eigenvalue weighted by atomic mass is 9.90. The van der Waals surface area contributed by atoms with Crippen molar-refractivity contribution in [2.24, 2.45) is 30.0 Å². The second-order valence-electron chi connectivity index (χ2n) is 7.83. The fourth-order valence-corrected chi connectivity index (χ4v) is 3.70. The number of primary amides is 1. The van der Waals surface area contributed by atoms with Gasteiger partial charge in [-0.3, -0.25) is 9.48 Å². The molecule has 7 heteroatoms. The van der Waals surface area contributed by atoms with Crippen molar-refractivity contribution >= 4 is 11.9 Å². The van der Waals surface area contributed by atoms with Gasteiger partial charge in [-0.1, -0.05) is 20.8 Å². The summed E-state index contributed by atoms with van der Waals surface area (Å²) in [5, 5.41) is 7.29. The molecule has 2 heterocycles. The highest BCUT2D eigenvalue weighted by atomic mass is 16.2. The van der Waals surface area contributed by atoms with Crippen LogP contribution in [0.15, 0.2) is 12.4 Å². The molecule has 2 fully saturated rings. The maximum absolute atomic E-state index is 12.6. The first-order chi connectivity index (χ1) is 11.2. The highest BCUT2D eigenvalue weighted by molar-refractivity contribution is 5.81. The molecule has 3 amide bonds. The fraction of sp³-hybridized carbons (Fsp3) is 0.706. The van der Waals surface area contributed by atoms with Crippen LogP contribution < -0.4 is 11.1 Å². The zero-order chi connectivity index (χ0) is 17.6. The van der Waals surface area contributed by atoms with Crippen molar-refractivity contribution in [3.63, 3.8) is 0 Å². The third-order valence-electron chi connectivity index (χ3n) is 6.02. The molecule has 0 bridgehead atoms. The van der Waals surface area contributed by atoms with Gasteiger partial charge in [-0.15, -0.1) is 0 Å². The van der Waals surface area contributed by atoms with Crippen LogP contribution in [0.5, 0.6) is 0 Å². The van der Waals surface area contributed by atoms with Gasteiger partial charge < -0.3 is 16.0 Å². The van der Waals surface area contributed by atoms with Crippen LogP contribution in [-0.2, 0) is 11.8 Å². The van der Waals surface area contributed by atoms with Crippen LogP contribution in [0.3, 0.4) is 0 Å².